The van der Waals surface area contributed by atoms with Crippen LogP contribution in [0.4, 0.5) is 0 Å². The molecule has 0 saturated carbocycles. The summed E-state index contributed by atoms with van der Waals surface area (Å²) in [4.78, 5) is 201. The van der Waals surface area contributed by atoms with Gasteiger partial charge in [0.2, 0.25) is 65.0 Å². The number of nitrogens with one attached hydrogen (secondary N) is 5. The highest BCUT2D eigenvalue weighted by Crippen LogP contribution is 2.27. The van der Waals surface area contributed by atoms with Gasteiger partial charge in [0.25, 0.3) is 11.8 Å². The molecule has 1 aliphatic heterocycles. The molecule has 6 N–H and O–H groups in total. The molecule has 2 rings (SSSR count). The Morgan fingerprint density at radius 1 is 0.458 bits per heavy atom. The predicted molar refractivity (Wildman–Crippen MR) is 420 cm³/mol. The number of benzene rings is 1. The third kappa shape index (κ3) is 29.2. The van der Waals surface area contributed by atoms with Gasteiger partial charge in [-0.05, 0) is 143 Å². The minimum absolute atomic E-state index is 0.0429. The monoisotopic (exact) mass is 1520 g/mol. The van der Waals surface area contributed by atoms with Crippen LogP contribution in [0, 0.1) is 41.4 Å². The maximum Gasteiger partial charge on any atom is 0.253 e. The first-order valence-corrected chi connectivity index (χ1v) is 39.9. The van der Waals surface area contributed by atoms with Crippen molar-refractivity contribution in [3.05, 3.63) is 35.4 Å². The fraction of sp³-hybridized carbons (Fsp3) is 0.759. The largest absolute Gasteiger partial charge is 0.396 e. The molecular formula is C79H137N13O14S. The zero-order chi connectivity index (χ0) is 81.8. The Hall–Kier alpha value is -7.36. The summed E-state index contributed by atoms with van der Waals surface area (Å²) in [6.45, 7) is 29.0. The second kappa shape index (κ2) is 46.2. The molecule has 1 heterocycles. The average Bonchev–Trinajstić information content (AvgIpc) is 0.824. The van der Waals surface area contributed by atoms with Crippen LogP contribution in [0.1, 0.15) is 215 Å². The summed E-state index contributed by atoms with van der Waals surface area (Å²) in [6, 6.07) is -6.80. The number of hydrogen-bond donors (Lipinski definition) is 6. The Morgan fingerprint density at radius 3 is 1.37 bits per heavy atom. The van der Waals surface area contributed by atoms with Gasteiger partial charge >= 0.3 is 0 Å². The number of carbonyl (C=O) groups is 13. The van der Waals surface area contributed by atoms with Gasteiger partial charge in [-0.1, -0.05) is 123 Å². The van der Waals surface area contributed by atoms with Crippen molar-refractivity contribution in [3.8, 4) is 0 Å². The minimum atomic E-state index is -1.25. The first kappa shape index (κ1) is 95.7. The lowest BCUT2D eigenvalue weighted by Crippen LogP contribution is -2.62. The Bertz CT molecular complexity index is 3090. The summed E-state index contributed by atoms with van der Waals surface area (Å²) in [6.07, 6.45) is 5.39. The zero-order valence-electron chi connectivity index (χ0n) is 69.5. The molecule has 13 amide bonds. The smallest absolute Gasteiger partial charge is 0.253 e. The fourth-order valence-electron chi connectivity index (χ4n) is 13.4. The normalized spacial score (nSPS) is 24.0. The molecule has 0 aromatic heterocycles. The van der Waals surface area contributed by atoms with Gasteiger partial charge in [-0.25, -0.2) is 0 Å². The van der Waals surface area contributed by atoms with E-state index in [4.69, 9.17) is 0 Å². The number of amides is 13. The summed E-state index contributed by atoms with van der Waals surface area (Å²) in [5, 5.41) is 23.9. The van der Waals surface area contributed by atoms with E-state index in [0.29, 0.717) is 49.1 Å². The van der Waals surface area contributed by atoms with E-state index in [0.717, 1.165) is 19.3 Å². The van der Waals surface area contributed by atoms with E-state index in [-0.39, 0.29) is 92.3 Å². The number of carbonyl (C=O) groups excluding carboxylic acids is 13. The number of likely N-dealkylation sites (N-methyl/N-ethyl adjacent to an activating group) is 7. The molecule has 1 saturated heterocycles. The molecule has 1 aromatic rings. The van der Waals surface area contributed by atoms with E-state index < -0.39 is 143 Å². The molecule has 27 nitrogen and oxygen atoms in total. The number of unbranched alkanes of at least 4 members (excludes halogenated alkanes) is 4. The molecule has 1 aromatic carbocycles. The minimum Gasteiger partial charge on any atom is -0.396 e. The quantitative estimate of drug-likeness (QED) is 0.0502. The van der Waals surface area contributed by atoms with Crippen molar-refractivity contribution in [2.75, 3.05) is 88.1 Å². The lowest BCUT2D eigenvalue weighted by atomic mass is 9.92. The van der Waals surface area contributed by atoms with E-state index in [2.05, 4.69) is 26.6 Å². The second-order valence-electron chi connectivity index (χ2n) is 32.2. The van der Waals surface area contributed by atoms with Crippen LogP contribution in [-0.4, -0.2) is 276 Å². The predicted octanol–water partition coefficient (Wildman–Crippen LogP) is 6.29. The molecule has 0 radical (unpaired) electrons. The maximum absolute atomic E-state index is 15.6. The fourth-order valence-corrected chi connectivity index (χ4v) is 14.6. The highest BCUT2D eigenvalue weighted by Gasteiger charge is 2.45. The number of aliphatic hydroxyl groups excluding tert-OH is 1. The lowest BCUT2D eigenvalue weighted by molar-refractivity contribution is -0.156. The summed E-state index contributed by atoms with van der Waals surface area (Å²) in [5.41, 5.74) is 0.898. The van der Waals surface area contributed by atoms with Crippen molar-refractivity contribution in [2.24, 2.45) is 41.4 Å². The van der Waals surface area contributed by atoms with Crippen LogP contribution in [0.25, 0.3) is 0 Å². The molecule has 608 valence electrons. The molecular weight excluding hydrogens is 1390 g/mol. The van der Waals surface area contributed by atoms with Gasteiger partial charge in [-0.15, -0.1) is 0 Å². The first-order chi connectivity index (χ1) is 49.9. The number of hydrogen-bond acceptors (Lipinski definition) is 15. The van der Waals surface area contributed by atoms with Crippen LogP contribution < -0.4 is 26.6 Å². The van der Waals surface area contributed by atoms with Crippen LogP contribution in [0.5, 0.6) is 0 Å². The molecule has 1 aliphatic rings. The van der Waals surface area contributed by atoms with Gasteiger partial charge in [-0.3, -0.25) is 62.3 Å². The molecule has 1 fully saturated rings. The molecule has 0 unspecified atom stereocenters. The Morgan fingerprint density at radius 2 is 0.879 bits per heavy atom. The van der Waals surface area contributed by atoms with Crippen LogP contribution >= 0.6 is 11.8 Å². The van der Waals surface area contributed by atoms with Gasteiger partial charge < -0.3 is 70.9 Å². The third-order valence-corrected chi connectivity index (χ3v) is 21.3. The topological polar surface area (TPSA) is 328 Å². The molecule has 28 heteroatoms. The van der Waals surface area contributed by atoms with E-state index >= 15 is 28.8 Å². The van der Waals surface area contributed by atoms with Crippen molar-refractivity contribution in [1.82, 2.24) is 65.8 Å². The van der Waals surface area contributed by atoms with Crippen molar-refractivity contribution in [1.29, 1.82) is 0 Å². The lowest BCUT2D eigenvalue weighted by Gasteiger charge is -2.41. The van der Waals surface area contributed by atoms with Gasteiger partial charge in [0, 0.05) is 93.5 Å². The van der Waals surface area contributed by atoms with Crippen molar-refractivity contribution in [3.63, 3.8) is 0 Å². The summed E-state index contributed by atoms with van der Waals surface area (Å²) < 4.78 is 0. The Balaban J connectivity index is 2.97. The molecule has 107 heavy (non-hydrogen) atoms. The standard InChI is InChI=1S/C79H137N13O14S/c1-26-58-74(101)91(24)64(46-107-40-32-31-39-93)77(104)86(19)60(42-48(4)5)71(98)84-65(51(10)11)78(105)87(20)59(41-47(2)3)69(96)81-54(15)67(94)82-55(16)72(99)89(22)62(43-49(6)7)75(102)90(23)63(44-50(8)9)76(103)92(25)66(52(12)13)79(106)88(21)61(70(97)83-58)45-53(14)33-29-27-28-30-38-80-68(95)56-34-36-57(37-35-56)73(100)85(17)18/h34-37,47-55,58-66,93H,26-33,38-46H2,1-25H3,(H,80,95)(H,81,96)(H,82,94)(H,83,97)(H,84,98)/t53-,54-,55+,58-,59-,60+,61-,62+,63-,64-,65-,66-/m1/s1. The third-order valence-electron chi connectivity index (χ3n) is 20.1. The number of thioether (sulfide) groups is 1. The van der Waals surface area contributed by atoms with E-state index in [1.807, 2.05) is 62.3 Å². The Labute approximate surface area is 644 Å². The van der Waals surface area contributed by atoms with Crippen LogP contribution in [-0.2, 0) is 52.7 Å². The molecule has 0 spiro atoms. The molecule has 12 atom stereocenters. The van der Waals surface area contributed by atoms with Crippen LogP contribution in [0.3, 0.4) is 0 Å². The highest BCUT2D eigenvalue weighted by atomic mass is 32.2. The number of nitrogens with zero attached hydrogens (tertiary/aromatic N) is 8. The summed E-state index contributed by atoms with van der Waals surface area (Å²) >= 11 is 1.37. The number of rotatable bonds is 28. The molecule has 0 bridgehead atoms. The van der Waals surface area contributed by atoms with Gasteiger partial charge in [-0.2, -0.15) is 11.8 Å². The maximum atomic E-state index is 15.6. The van der Waals surface area contributed by atoms with Crippen molar-refractivity contribution in [2.45, 2.75) is 261 Å². The zero-order valence-corrected chi connectivity index (χ0v) is 70.3. The Kier molecular flexibility index (Phi) is 41.3. The van der Waals surface area contributed by atoms with Gasteiger partial charge in [0.1, 0.15) is 66.5 Å². The van der Waals surface area contributed by atoms with Gasteiger partial charge in [0.15, 0.2) is 0 Å². The van der Waals surface area contributed by atoms with Crippen molar-refractivity contribution >= 4 is 88.6 Å². The summed E-state index contributed by atoms with van der Waals surface area (Å²) in [5.74, 6) is -8.85. The first-order valence-electron chi connectivity index (χ1n) is 38.8. The molecule has 0 aliphatic carbocycles. The van der Waals surface area contributed by atoms with Gasteiger partial charge in [0.05, 0.1) is 0 Å². The highest BCUT2D eigenvalue weighted by molar-refractivity contribution is 7.99. The average molecular weight is 1530 g/mol. The van der Waals surface area contributed by atoms with Crippen LogP contribution in [0.15, 0.2) is 24.3 Å². The van der Waals surface area contributed by atoms with E-state index in [1.54, 1.807) is 73.0 Å². The van der Waals surface area contributed by atoms with E-state index in [9.17, 15) is 38.7 Å². The van der Waals surface area contributed by atoms with E-state index in [1.165, 1.54) is 114 Å². The van der Waals surface area contributed by atoms with Crippen molar-refractivity contribution < 1.29 is 67.4 Å². The number of aliphatic hydroxyl groups is 1. The van der Waals surface area contributed by atoms with Crippen LogP contribution in [0.2, 0.25) is 0 Å². The second-order valence-corrected chi connectivity index (χ2v) is 33.3. The summed E-state index contributed by atoms with van der Waals surface area (Å²) in [7, 11) is 13.6. The SMILES string of the molecule is CC[C@H]1NC(=O)[C@@H](C[C@H](C)CCCCCCNC(=O)c2ccc(C(=O)N(C)C)cc2)N(C)C(=O)[C@@H](C(C)C)N(C)C(=O)[C@@H](CC(C)C)N(C)C(=O)[C@H](CC(C)C)N(C)C(=O)[C@H](C)NC(=O)[C@@H](C)NC(=O)[C@@H](CC(C)C)N(C)C(=O)[C@@H](C(C)C)NC(=O)[C@H](CC(C)C)N(C)C(=O)[C@@H](CSCCCCO)N(C)C1=O.